The van der Waals surface area contributed by atoms with Crippen LogP contribution in [0.5, 0.6) is 0 Å². The highest BCUT2D eigenvalue weighted by molar-refractivity contribution is 5.92. The second-order valence-corrected chi connectivity index (χ2v) is 5.99. The number of nitrogens with zero attached hydrogens (tertiary/aromatic N) is 3. The van der Waals surface area contributed by atoms with Crippen LogP contribution in [0.1, 0.15) is 36.2 Å². The minimum atomic E-state index is -0.672. The van der Waals surface area contributed by atoms with Crippen LogP contribution < -0.4 is 0 Å². The maximum atomic E-state index is 12.4. The highest BCUT2D eigenvalue weighted by Crippen LogP contribution is 2.27. The fourth-order valence-corrected chi connectivity index (χ4v) is 3.26. The zero-order valence-corrected chi connectivity index (χ0v) is 12.8. The van der Waals surface area contributed by atoms with Crippen molar-refractivity contribution >= 4 is 17.7 Å². The van der Waals surface area contributed by atoms with Gasteiger partial charge in [0.25, 0.3) is 5.91 Å². The molecule has 0 aromatic carbocycles. The topological polar surface area (TPSA) is 96.9 Å². The first-order valence-electron chi connectivity index (χ1n) is 7.88. The first-order valence-corrected chi connectivity index (χ1v) is 7.88. The predicted molar refractivity (Wildman–Crippen MR) is 79.8 cm³/mol. The smallest absolute Gasteiger partial charge is 0.395 e. The van der Waals surface area contributed by atoms with Crippen molar-refractivity contribution in [1.82, 2.24) is 9.80 Å². The third-order valence-corrected chi connectivity index (χ3v) is 4.57. The van der Waals surface area contributed by atoms with Crippen molar-refractivity contribution in [3.05, 3.63) is 28.0 Å². The summed E-state index contributed by atoms with van der Waals surface area (Å²) in [5.41, 5.74) is 0. The lowest BCUT2D eigenvalue weighted by Crippen LogP contribution is -2.51. The Hall–Kier alpha value is -2.38. The van der Waals surface area contributed by atoms with Crippen LogP contribution in [0.2, 0.25) is 0 Å². The molecule has 8 heteroatoms. The number of amides is 2. The summed E-state index contributed by atoms with van der Waals surface area (Å²) in [6.45, 7) is 1.85. The minimum absolute atomic E-state index is 0.0349. The molecule has 0 bridgehead atoms. The summed E-state index contributed by atoms with van der Waals surface area (Å²) in [5, 5.41) is 10.6. The Balaban J connectivity index is 1.56. The molecule has 2 fully saturated rings. The van der Waals surface area contributed by atoms with Gasteiger partial charge in [0, 0.05) is 32.1 Å². The summed E-state index contributed by atoms with van der Waals surface area (Å²) in [7, 11) is 0. The molecule has 0 radical (unpaired) electrons. The largest absolute Gasteiger partial charge is 0.433 e. The summed E-state index contributed by atoms with van der Waals surface area (Å²) in [5.74, 6) is -0.505. The Bertz CT molecular complexity index is 612. The van der Waals surface area contributed by atoms with E-state index >= 15 is 0 Å². The van der Waals surface area contributed by atoms with Gasteiger partial charge in [0.05, 0.1) is 6.07 Å². The average molecular weight is 321 g/mol. The van der Waals surface area contributed by atoms with E-state index in [9.17, 15) is 19.7 Å². The van der Waals surface area contributed by atoms with Gasteiger partial charge in [0.15, 0.2) is 5.76 Å². The molecule has 3 rings (SSSR count). The molecule has 0 unspecified atom stereocenters. The third kappa shape index (κ3) is 3.20. The van der Waals surface area contributed by atoms with E-state index in [0.717, 1.165) is 25.7 Å². The van der Waals surface area contributed by atoms with Gasteiger partial charge in [-0.05, 0) is 18.9 Å². The molecule has 1 aromatic heterocycles. The maximum Gasteiger partial charge on any atom is 0.433 e. The van der Waals surface area contributed by atoms with Crippen LogP contribution in [0.3, 0.4) is 0 Å². The maximum absolute atomic E-state index is 12.4. The molecule has 1 aliphatic carbocycles. The van der Waals surface area contributed by atoms with Gasteiger partial charge in [-0.3, -0.25) is 19.7 Å². The molecule has 2 amide bonds. The Morgan fingerprint density at radius 2 is 1.70 bits per heavy atom. The molecule has 2 aliphatic rings. The van der Waals surface area contributed by atoms with E-state index in [1.807, 2.05) is 4.90 Å². The van der Waals surface area contributed by atoms with Crippen LogP contribution in [0.25, 0.3) is 0 Å². The van der Waals surface area contributed by atoms with Gasteiger partial charge in [-0.1, -0.05) is 12.8 Å². The van der Waals surface area contributed by atoms with Crippen molar-refractivity contribution in [3.8, 4) is 0 Å². The number of furan rings is 1. The Morgan fingerprint density at radius 1 is 1.09 bits per heavy atom. The Kier molecular flexibility index (Phi) is 4.31. The summed E-state index contributed by atoms with van der Waals surface area (Å²) in [6.07, 6.45) is 4.17. The molecular weight excluding hydrogens is 302 g/mol. The van der Waals surface area contributed by atoms with E-state index in [1.54, 1.807) is 4.90 Å². The van der Waals surface area contributed by atoms with Gasteiger partial charge in [-0.15, -0.1) is 0 Å². The van der Waals surface area contributed by atoms with Gasteiger partial charge >= 0.3 is 5.88 Å². The summed E-state index contributed by atoms with van der Waals surface area (Å²) in [4.78, 5) is 38.0. The number of hydrogen-bond donors (Lipinski definition) is 0. The van der Waals surface area contributed by atoms with Gasteiger partial charge in [0.2, 0.25) is 5.91 Å². The van der Waals surface area contributed by atoms with Gasteiger partial charge in [0.1, 0.15) is 4.92 Å². The number of piperazine rings is 1. The monoisotopic (exact) mass is 321 g/mol. The van der Waals surface area contributed by atoms with Crippen LogP contribution in [0, 0.1) is 16.0 Å². The quantitative estimate of drug-likeness (QED) is 0.623. The number of rotatable bonds is 3. The van der Waals surface area contributed by atoms with Crippen LogP contribution in [-0.2, 0) is 4.79 Å². The standard InChI is InChI=1S/C15H19N3O5/c19-14(11-3-1-2-4-11)16-7-9-17(10-8-16)15(20)12-5-6-13(23-12)18(21)22/h5-6,11H,1-4,7-10H2. The van der Waals surface area contributed by atoms with Crippen molar-refractivity contribution in [3.63, 3.8) is 0 Å². The Morgan fingerprint density at radius 3 is 2.26 bits per heavy atom. The third-order valence-electron chi connectivity index (χ3n) is 4.57. The normalized spacial score (nSPS) is 19.1. The lowest BCUT2D eigenvalue weighted by Gasteiger charge is -2.35. The fraction of sp³-hybridized carbons (Fsp3) is 0.600. The van der Waals surface area contributed by atoms with Crippen LogP contribution in [0.15, 0.2) is 16.5 Å². The molecule has 1 saturated heterocycles. The zero-order chi connectivity index (χ0) is 16.4. The molecule has 1 aromatic rings. The first kappa shape index (κ1) is 15.5. The van der Waals surface area contributed by atoms with E-state index < -0.39 is 10.8 Å². The molecule has 1 saturated carbocycles. The number of carbonyl (C=O) groups is 2. The zero-order valence-electron chi connectivity index (χ0n) is 12.8. The summed E-state index contributed by atoms with van der Waals surface area (Å²) >= 11 is 0. The van der Waals surface area contributed by atoms with Gasteiger partial charge in [-0.25, -0.2) is 0 Å². The SMILES string of the molecule is O=C(c1ccc([N+](=O)[O-])o1)N1CCN(C(=O)C2CCCC2)CC1. The van der Waals surface area contributed by atoms with Crippen molar-refractivity contribution in [2.24, 2.45) is 5.92 Å². The first-order chi connectivity index (χ1) is 11.1. The number of hydrogen-bond acceptors (Lipinski definition) is 5. The predicted octanol–water partition coefficient (Wildman–Crippen LogP) is 1.66. The van der Waals surface area contributed by atoms with Gasteiger partial charge in [-0.2, -0.15) is 0 Å². The van der Waals surface area contributed by atoms with E-state index in [1.165, 1.54) is 12.1 Å². The molecule has 1 aliphatic heterocycles. The number of nitro groups is 1. The minimum Gasteiger partial charge on any atom is -0.395 e. The molecule has 23 heavy (non-hydrogen) atoms. The highest BCUT2D eigenvalue weighted by atomic mass is 16.6. The van der Waals surface area contributed by atoms with E-state index in [4.69, 9.17) is 4.42 Å². The summed E-state index contributed by atoms with van der Waals surface area (Å²) < 4.78 is 4.94. The second kappa shape index (κ2) is 6.39. The van der Waals surface area contributed by atoms with Crippen molar-refractivity contribution < 1.29 is 18.9 Å². The fourth-order valence-electron chi connectivity index (χ4n) is 3.26. The molecule has 8 nitrogen and oxygen atoms in total. The highest BCUT2D eigenvalue weighted by Gasteiger charge is 2.31. The molecule has 124 valence electrons. The molecular formula is C15H19N3O5. The Labute approximate surface area is 133 Å². The van der Waals surface area contributed by atoms with E-state index in [2.05, 4.69) is 0 Å². The molecule has 2 heterocycles. The lowest BCUT2D eigenvalue weighted by molar-refractivity contribution is -0.402. The van der Waals surface area contributed by atoms with Crippen LogP contribution >= 0.6 is 0 Å². The van der Waals surface area contributed by atoms with Crippen LogP contribution in [0.4, 0.5) is 5.88 Å². The molecule has 0 spiro atoms. The van der Waals surface area contributed by atoms with E-state index in [0.29, 0.717) is 26.2 Å². The second-order valence-electron chi connectivity index (χ2n) is 5.99. The number of carbonyl (C=O) groups excluding carboxylic acids is 2. The van der Waals surface area contributed by atoms with Crippen molar-refractivity contribution in [2.45, 2.75) is 25.7 Å². The average Bonchev–Trinajstić information content (AvgIpc) is 3.25. The van der Waals surface area contributed by atoms with Gasteiger partial charge < -0.3 is 14.2 Å². The summed E-state index contributed by atoms with van der Waals surface area (Å²) in [6, 6.07) is 2.49. The molecule has 0 atom stereocenters. The lowest BCUT2D eigenvalue weighted by atomic mass is 10.1. The van der Waals surface area contributed by atoms with E-state index in [-0.39, 0.29) is 23.5 Å². The van der Waals surface area contributed by atoms with Crippen LogP contribution in [-0.4, -0.2) is 52.7 Å². The molecule has 0 N–H and O–H groups in total. The van der Waals surface area contributed by atoms with Crippen molar-refractivity contribution in [2.75, 3.05) is 26.2 Å². The van der Waals surface area contributed by atoms with Crippen molar-refractivity contribution in [1.29, 1.82) is 0 Å².